The molecule has 1 aliphatic carbocycles. The first-order valence-corrected chi connectivity index (χ1v) is 8.13. The summed E-state index contributed by atoms with van der Waals surface area (Å²) in [7, 11) is 0. The molecule has 1 aromatic heterocycles. The summed E-state index contributed by atoms with van der Waals surface area (Å²) >= 11 is 5.16. The van der Waals surface area contributed by atoms with Crippen molar-refractivity contribution in [2.45, 2.75) is 31.6 Å². The Kier molecular flexibility index (Phi) is 3.80. The first-order valence-electron chi connectivity index (χ1n) is 6.45. The predicted molar refractivity (Wildman–Crippen MR) is 81.5 cm³/mol. The number of ketones is 1. The smallest absolute Gasteiger partial charge is 0.132 e. The van der Waals surface area contributed by atoms with Crippen molar-refractivity contribution in [1.29, 1.82) is 0 Å². The van der Waals surface area contributed by atoms with Gasteiger partial charge in [0, 0.05) is 34.2 Å². The van der Waals surface area contributed by atoms with Crippen LogP contribution in [-0.2, 0) is 4.79 Å². The third-order valence-corrected chi connectivity index (χ3v) is 5.09. The highest BCUT2D eigenvalue weighted by atomic mass is 79.9. The molecule has 1 aromatic carbocycles. The normalized spacial score (nSPS) is 16.8. The second-order valence-electron chi connectivity index (χ2n) is 4.89. The molecule has 0 saturated heterocycles. The lowest BCUT2D eigenvalue weighted by molar-refractivity contribution is -0.120. The van der Waals surface area contributed by atoms with Crippen LogP contribution in [0.5, 0.6) is 0 Å². The Labute approximate surface area is 125 Å². The topological polar surface area (TPSA) is 30.0 Å². The number of hydrogen-bond acceptors (Lipinski definition) is 3. The van der Waals surface area contributed by atoms with E-state index in [1.54, 1.807) is 11.3 Å². The van der Waals surface area contributed by atoms with Crippen molar-refractivity contribution in [3.63, 3.8) is 0 Å². The van der Waals surface area contributed by atoms with Gasteiger partial charge >= 0.3 is 0 Å². The van der Waals surface area contributed by atoms with Gasteiger partial charge in [-0.2, -0.15) is 0 Å². The lowest BCUT2D eigenvalue weighted by Gasteiger charge is -2.18. The number of hydrogen-bond donors (Lipinski definition) is 0. The molecule has 98 valence electrons. The van der Waals surface area contributed by atoms with Crippen LogP contribution in [0.1, 0.15) is 36.6 Å². The minimum atomic E-state index is 0.404. The molecule has 0 bridgehead atoms. The fraction of sp³-hybridized carbons (Fsp3) is 0.333. The van der Waals surface area contributed by atoms with E-state index in [2.05, 4.69) is 33.4 Å². The third-order valence-electron chi connectivity index (χ3n) is 3.55. The van der Waals surface area contributed by atoms with Crippen LogP contribution in [0.15, 0.2) is 34.1 Å². The molecule has 1 heterocycles. The highest BCUT2D eigenvalue weighted by Crippen LogP contribution is 2.35. The van der Waals surface area contributed by atoms with Gasteiger partial charge in [-0.3, -0.25) is 4.79 Å². The van der Waals surface area contributed by atoms with Crippen LogP contribution >= 0.6 is 27.3 Å². The molecule has 3 rings (SSSR count). The molecule has 0 aliphatic heterocycles. The van der Waals surface area contributed by atoms with Gasteiger partial charge < -0.3 is 0 Å². The van der Waals surface area contributed by atoms with Crippen LogP contribution < -0.4 is 0 Å². The second kappa shape index (κ2) is 5.55. The van der Waals surface area contributed by atoms with Gasteiger partial charge in [-0.15, -0.1) is 11.3 Å². The van der Waals surface area contributed by atoms with E-state index in [0.717, 1.165) is 41.4 Å². The van der Waals surface area contributed by atoms with Gasteiger partial charge in [0.25, 0.3) is 0 Å². The quantitative estimate of drug-likeness (QED) is 0.788. The lowest BCUT2D eigenvalue weighted by Crippen LogP contribution is -2.12. The molecule has 0 spiro atoms. The summed E-state index contributed by atoms with van der Waals surface area (Å²) in [5, 5.41) is 3.31. The Hall–Kier alpha value is -1.00. The maximum Gasteiger partial charge on any atom is 0.132 e. The molecule has 2 nitrogen and oxygen atoms in total. The van der Waals surface area contributed by atoms with Crippen LogP contribution in [0.25, 0.3) is 11.3 Å². The van der Waals surface area contributed by atoms with E-state index in [1.165, 1.54) is 5.01 Å². The molecule has 2 aromatic rings. The summed E-state index contributed by atoms with van der Waals surface area (Å²) in [4.78, 5) is 16.0. The molecule has 0 atom stereocenters. The third kappa shape index (κ3) is 2.95. The molecule has 0 radical (unpaired) electrons. The van der Waals surface area contributed by atoms with Crippen LogP contribution in [0.3, 0.4) is 0 Å². The molecule has 1 saturated carbocycles. The summed E-state index contributed by atoms with van der Waals surface area (Å²) in [6.45, 7) is 0. The van der Waals surface area contributed by atoms with E-state index in [0.29, 0.717) is 11.7 Å². The Morgan fingerprint density at radius 3 is 2.53 bits per heavy atom. The molecule has 1 aliphatic rings. The van der Waals surface area contributed by atoms with Gasteiger partial charge in [-0.25, -0.2) is 4.98 Å². The van der Waals surface area contributed by atoms with Crippen LogP contribution in [0, 0.1) is 0 Å². The van der Waals surface area contributed by atoms with E-state index in [1.807, 2.05) is 12.1 Å². The Morgan fingerprint density at radius 1 is 1.16 bits per heavy atom. The van der Waals surface area contributed by atoms with Crippen molar-refractivity contribution >= 4 is 33.0 Å². The average molecular weight is 336 g/mol. The fourth-order valence-electron chi connectivity index (χ4n) is 2.42. The standard InChI is InChI=1S/C15H14BrNOS/c16-12-5-1-10(2-6-12)14-9-19-15(17-14)11-3-7-13(18)8-4-11/h1-2,5-6,9,11H,3-4,7-8H2. The minimum absolute atomic E-state index is 0.404. The number of nitrogens with zero attached hydrogens (tertiary/aromatic N) is 1. The minimum Gasteiger partial charge on any atom is -0.300 e. The predicted octanol–water partition coefficient (Wildman–Crippen LogP) is 4.80. The highest BCUT2D eigenvalue weighted by Gasteiger charge is 2.22. The fourth-order valence-corrected chi connectivity index (χ4v) is 3.68. The Morgan fingerprint density at radius 2 is 1.84 bits per heavy atom. The van der Waals surface area contributed by atoms with Gasteiger partial charge in [-0.05, 0) is 25.0 Å². The lowest BCUT2D eigenvalue weighted by atomic mass is 9.89. The number of carbonyl (C=O) groups excluding carboxylic acids is 1. The summed E-state index contributed by atoms with van der Waals surface area (Å²) in [5.74, 6) is 0.882. The molecule has 19 heavy (non-hydrogen) atoms. The number of thiazole rings is 1. The van der Waals surface area contributed by atoms with Gasteiger partial charge in [0.1, 0.15) is 5.78 Å². The second-order valence-corrected chi connectivity index (χ2v) is 6.70. The largest absolute Gasteiger partial charge is 0.300 e. The van der Waals surface area contributed by atoms with Crippen molar-refractivity contribution in [1.82, 2.24) is 4.98 Å². The SMILES string of the molecule is O=C1CCC(c2nc(-c3ccc(Br)cc3)cs2)CC1. The molecule has 0 N–H and O–H groups in total. The molecule has 4 heteroatoms. The average Bonchev–Trinajstić information content (AvgIpc) is 2.90. The number of carbonyl (C=O) groups is 1. The van der Waals surface area contributed by atoms with E-state index >= 15 is 0 Å². The van der Waals surface area contributed by atoms with Crippen LogP contribution in [0.4, 0.5) is 0 Å². The number of halogens is 1. The number of benzene rings is 1. The summed E-state index contributed by atoms with van der Waals surface area (Å²) in [6, 6.07) is 8.22. The zero-order valence-electron chi connectivity index (χ0n) is 10.4. The Bertz CT molecular complexity index is 580. The molecule has 0 unspecified atom stereocenters. The zero-order chi connectivity index (χ0) is 13.2. The van der Waals surface area contributed by atoms with Gasteiger partial charge in [0.15, 0.2) is 0 Å². The zero-order valence-corrected chi connectivity index (χ0v) is 12.8. The van der Waals surface area contributed by atoms with Crippen molar-refractivity contribution in [3.8, 4) is 11.3 Å². The van der Waals surface area contributed by atoms with Crippen molar-refractivity contribution in [3.05, 3.63) is 39.1 Å². The molecular formula is C15H14BrNOS. The van der Waals surface area contributed by atoms with Crippen molar-refractivity contribution < 1.29 is 4.79 Å². The van der Waals surface area contributed by atoms with Gasteiger partial charge in [0.05, 0.1) is 10.7 Å². The molecule has 0 amide bonds. The number of rotatable bonds is 2. The first kappa shape index (κ1) is 13.0. The molecule has 1 fully saturated rings. The summed E-state index contributed by atoms with van der Waals surface area (Å²) < 4.78 is 1.08. The highest BCUT2D eigenvalue weighted by molar-refractivity contribution is 9.10. The van der Waals surface area contributed by atoms with E-state index in [9.17, 15) is 4.79 Å². The number of aromatic nitrogens is 1. The van der Waals surface area contributed by atoms with Crippen molar-refractivity contribution in [2.24, 2.45) is 0 Å². The summed E-state index contributed by atoms with van der Waals surface area (Å²) in [5.41, 5.74) is 2.20. The maximum absolute atomic E-state index is 11.3. The van der Waals surface area contributed by atoms with E-state index in [4.69, 9.17) is 4.98 Å². The first-order chi connectivity index (χ1) is 9.22. The van der Waals surface area contributed by atoms with Gasteiger partial charge in [-0.1, -0.05) is 28.1 Å². The van der Waals surface area contributed by atoms with Gasteiger partial charge in [0.2, 0.25) is 0 Å². The monoisotopic (exact) mass is 335 g/mol. The van der Waals surface area contributed by atoms with E-state index in [-0.39, 0.29) is 0 Å². The molecular weight excluding hydrogens is 322 g/mol. The summed E-state index contributed by atoms with van der Waals surface area (Å²) in [6.07, 6.45) is 3.37. The van der Waals surface area contributed by atoms with Crippen LogP contribution in [-0.4, -0.2) is 10.8 Å². The number of Topliss-reactive ketones (excluding diaryl/α,β-unsaturated/α-hetero) is 1. The van der Waals surface area contributed by atoms with Crippen molar-refractivity contribution in [2.75, 3.05) is 0 Å². The van der Waals surface area contributed by atoms with Crippen LogP contribution in [0.2, 0.25) is 0 Å². The van der Waals surface area contributed by atoms with E-state index < -0.39 is 0 Å². The Balaban J connectivity index is 1.79. The maximum atomic E-state index is 11.3.